The van der Waals surface area contributed by atoms with Crippen LogP contribution in [0.2, 0.25) is 0 Å². The van der Waals surface area contributed by atoms with Crippen molar-refractivity contribution >= 4 is 27.5 Å². The Labute approximate surface area is 143 Å². The number of rotatable bonds is 5. The minimum absolute atomic E-state index is 0.0369. The van der Waals surface area contributed by atoms with E-state index in [0.717, 1.165) is 29.3 Å². The van der Waals surface area contributed by atoms with Crippen LogP contribution in [0.3, 0.4) is 0 Å². The average Bonchev–Trinajstić information content (AvgIpc) is 3.15. The van der Waals surface area contributed by atoms with Crippen LogP contribution in [0, 0.1) is 0 Å². The number of amides is 1. The molecule has 0 radical (unpaired) electrons. The summed E-state index contributed by atoms with van der Waals surface area (Å²) in [4.78, 5) is 14.8. The summed E-state index contributed by atoms with van der Waals surface area (Å²) in [5.74, 6) is 0.0369. The molecule has 0 saturated heterocycles. The third-order valence-corrected chi connectivity index (χ3v) is 4.92. The number of nitrogens with zero attached hydrogens (tertiary/aromatic N) is 3. The zero-order valence-corrected chi connectivity index (χ0v) is 14.4. The van der Waals surface area contributed by atoms with Crippen LogP contribution in [0.1, 0.15) is 30.4 Å². The second-order valence-corrected chi connectivity index (χ2v) is 7.21. The van der Waals surface area contributed by atoms with Crippen molar-refractivity contribution in [2.75, 3.05) is 5.32 Å². The summed E-state index contributed by atoms with van der Waals surface area (Å²) >= 11 is 3.36. The molecular weight excluding hydrogens is 356 g/mol. The third-order valence-electron chi connectivity index (χ3n) is 4.51. The molecule has 0 spiro atoms. The molecule has 0 atom stereocenters. The summed E-state index contributed by atoms with van der Waals surface area (Å²) in [5.41, 5.74) is 3.61. The van der Waals surface area contributed by atoms with Crippen LogP contribution in [0.15, 0.2) is 35.1 Å². The number of anilines is 1. The predicted molar refractivity (Wildman–Crippen MR) is 91.9 cm³/mol. The molecule has 120 valence electrons. The molecule has 1 amide bonds. The fourth-order valence-electron chi connectivity index (χ4n) is 3.15. The predicted octanol–water partition coefficient (Wildman–Crippen LogP) is 3.15. The number of aromatic nitrogens is 2. The van der Waals surface area contributed by atoms with Crippen LogP contribution >= 0.6 is 15.9 Å². The van der Waals surface area contributed by atoms with Gasteiger partial charge in [0.05, 0.1) is 10.7 Å². The van der Waals surface area contributed by atoms with Gasteiger partial charge in [0.2, 0.25) is 5.91 Å². The number of halogens is 1. The fourth-order valence-corrected chi connectivity index (χ4v) is 3.48. The highest BCUT2D eigenvalue weighted by atomic mass is 79.9. The molecule has 1 aromatic carbocycles. The summed E-state index contributed by atoms with van der Waals surface area (Å²) < 4.78 is 2.70. The number of carbonyl (C=O) groups excluding carboxylic acids is 1. The van der Waals surface area contributed by atoms with E-state index in [1.807, 2.05) is 18.3 Å². The van der Waals surface area contributed by atoms with Crippen molar-refractivity contribution in [3.05, 3.63) is 46.2 Å². The summed E-state index contributed by atoms with van der Waals surface area (Å²) in [7, 11) is 0. The fraction of sp³-hybridized carbons (Fsp3) is 0.412. The van der Waals surface area contributed by atoms with E-state index in [2.05, 4.69) is 37.3 Å². The Bertz CT molecular complexity index is 738. The normalized spacial score (nSPS) is 17.3. The molecule has 6 heteroatoms. The Morgan fingerprint density at radius 2 is 2.22 bits per heavy atom. The maximum Gasteiger partial charge on any atom is 0.226 e. The van der Waals surface area contributed by atoms with Crippen LogP contribution in [0.25, 0.3) is 0 Å². The first-order chi connectivity index (χ1) is 11.2. The van der Waals surface area contributed by atoms with E-state index in [1.165, 1.54) is 24.0 Å². The lowest BCUT2D eigenvalue weighted by Crippen LogP contribution is -2.19. The van der Waals surface area contributed by atoms with Crippen LogP contribution in [0.5, 0.6) is 0 Å². The molecule has 2 heterocycles. The quantitative estimate of drug-likeness (QED) is 0.874. The van der Waals surface area contributed by atoms with Crippen molar-refractivity contribution in [1.82, 2.24) is 14.7 Å². The van der Waals surface area contributed by atoms with Gasteiger partial charge in [-0.05, 0) is 46.0 Å². The van der Waals surface area contributed by atoms with E-state index in [0.29, 0.717) is 13.0 Å². The first-order valence-corrected chi connectivity index (χ1v) is 8.81. The van der Waals surface area contributed by atoms with Gasteiger partial charge in [0.15, 0.2) is 0 Å². The Balaban J connectivity index is 1.39. The van der Waals surface area contributed by atoms with Gasteiger partial charge in [0.25, 0.3) is 0 Å². The van der Waals surface area contributed by atoms with Crippen LogP contribution in [-0.2, 0) is 24.4 Å². The van der Waals surface area contributed by atoms with Gasteiger partial charge >= 0.3 is 0 Å². The Hall–Kier alpha value is -1.66. The number of aryl methyl sites for hydroxylation is 1. The first kappa shape index (κ1) is 14.9. The monoisotopic (exact) mass is 374 g/mol. The second-order valence-electron chi connectivity index (χ2n) is 6.30. The van der Waals surface area contributed by atoms with Gasteiger partial charge in [0.1, 0.15) is 0 Å². The highest BCUT2D eigenvalue weighted by molar-refractivity contribution is 9.10. The molecule has 5 nitrogen and oxygen atoms in total. The summed E-state index contributed by atoms with van der Waals surface area (Å²) in [6.07, 6.45) is 6.66. The highest BCUT2D eigenvalue weighted by Gasteiger charge is 2.33. The number of hydrogen-bond donors (Lipinski definition) is 1. The van der Waals surface area contributed by atoms with Gasteiger partial charge in [0, 0.05) is 44.0 Å². The van der Waals surface area contributed by atoms with E-state index in [4.69, 9.17) is 0 Å². The van der Waals surface area contributed by atoms with E-state index in [9.17, 15) is 4.79 Å². The Morgan fingerprint density at radius 3 is 2.96 bits per heavy atom. The van der Waals surface area contributed by atoms with Crippen molar-refractivity contribution in [2.45, 2.75) is 44.9 Å². The first-order valence-electron chi connectivity index (χ1n) is 8.01. The molecular formula is C17H19BrN4O. The largest absolute Gasteiger partial charge is 0.326 e. The van der Waals surface area contributed by atoms with Crippen LogP contribution in [0.4, 0.5) is 5.69 Å². The molecule has 0 unspecified atom stereocenters. The topological polar surface area (TPSA) is 50.2 Å². The molecule has 1 aromatic heterocycles. The SMILES string of the molecule is O=C(CCn1cc(Br)cn1)Nc1cccc2c1CN(C1CC1)C2. The van der Waals surface area contributed by atoms with Gasteiger partial charge in [-0.15, -0.1) is 0 Å². The third kappa shape index (κ3) is 3.33. The molecule has 4 rings (SSSR count). The van der Waals surface area contributed by atoms with E-state index >= 15 is 0 Å². The molecule has 2 aromatic rings. The number of benzene rings is 1. The standard InChI is InChI=1S/C17H19BrN4O/c18-13-8-19-22(10-13)7-6-17(23)20-16-3-1-2-12-9-21(11-15(12)16)14-4-5-14/h1-3,8,10,14H,4-7,9,11H2,(H,20,23). The highest BCUT2D eigenvalue weighted by Crippen LogP contribution is 2.37. The van der Waals surface area contributed by atoms with Crippen LogP contribution in [-0.4, -0.2) is 26.6 Å². The molecule has 0 bridgehead atoms. The maximum atomic E-state index is 12.2. The van der Waals surface area contributed by atoms with E-state index in [-0.39, 0.29) is 5.91 Å². The van der Waals surface area contributed by atoms with Gasteiger partial charge in [-0.2, -0.15) is 5.10 Å². The minimum atomic E-state index is 0.0369. The molecule has 1 N–H and O–H groups in total. The lowest BCUT2D eigenvalue weighted by molar-refractivity contribution is -0.116. The minimum Gasteiger partial charge on any atom is -0.326 e. The Morgan fingerprint density at radius 1 is 1.35 bits per heavy atom. The van der Waals surface area contributed by atoms with Gasteiger partial charge < -0.3 is 5.32 Å². The molecule has 1 aliphatic heterocycles. The number of hydrogen-bond acceptors (Lipinski definition) is 3. The van der Waals surface area contributed by atoms with Gasteiger partial charge in [-0.3, -0.25) is 14.4 Å². The molecule has 23 heavy (non-hydrogen) atoms. The summed E-state index contributed by atoms with van der Waals surface area (Å²) in [5, 5.41) is 7.25. The second kappa shape index (κ2) is 6.09. The van der Waals surface area contributed by atoms with E-state index < -0.39 is 0 Å². The molecule has 1 aliphatic carbocycles. The van der Waals surface area contributed by atoms with Crippen molar-refractivity contribution in [3.63, 3.8) is 0 Å². The van der Waals surface area contributed by atoms with Crippen LogP contribution < -0.4 is 5.32 Å². The maximum absolute atomic E-state index is 12.2. The molecule has 1 saturated carbocycles. The number of fused-ring (bicyclic) bond motifs is 1. The number of carbonyl (C=O) groups is 1. The van der Waals surface area contributed by atoms with Crippen molar-refractivity contribution < 1.29 is 4.79 Å². The zero-order chi connectivity index (χ0) is 15.8. The molecule has 1 fully saturated rings. The van der Waals surface area contributed by atoms with Gasteiger partial charge in [-0.1, -0.05) is 12.1 Å². The zero-order valence-electron chi connectivity index (χ0n) is 12.8. The van der Waals surface area contributed by atoms with Crippen molar-refractivity contribution in [3.8, 4) is 0 Å². The molecule has 2 aliphatic rings. The lowest BCUT2D eigenvalue weighted by atomic mass is 10.1. The summed E-state index contributed by atoms with van der Waals surface area (Å²) in [6.45, 7) is 2.56. The van der Waals surface area contributed by atoms with Gasteiger partial charge in [-0.25, -0.2) is 0 Å². The van der Waals surface area contributed by atoms with Crippen molar-refractivity contribution in [1.29, 1.82) is 0 Å². The van der Waals surface area contributed by atoms with E-state index in [1.54, 1.807) is 10.9 Å². The van der Waals surface area contributed by atoms with Crippen molar-refractivity contribution in [2.24, 2.45) is 0 Å². The average molecular weight is 375 g/mol. The lowest BCUT2D eigenvalue weighted by Gasteiger charge is -2.13. The Kier molecular flexibility index (Phi) is 3.95. The number of nitrogens with one attached hydrogen (secondary N) is 1. The smallest absolute Gasteiger partial charge is 0.226 e. The summed E-state index contributed by atoms with van der Waals surface area (Å²) in [6, 6.07) is 6.98.